The molecule has 3 aromatic rings. The first-order valence-corrected chi connectivity index (χ1v) is 14.7. The summed E-state index contributed by atoms with van der Waals surface area (Å²) in [7, 11) is 5.48. The highest BCUT2D eigenvalue weighted by atomic mass is 19.2. The van der Waals surface area contributed by atoms with Gasteiger partial charge in [0.05, 0.1) is 7.85 Å². The van der Waals surface area contributed by atoms with Gasteiger partial charge in [0.2, 0.25) is 0 Å². The van der Waals surface area contributed by atoms with Gasteiger partial charge in [-0.25, -0.2) is 13.2 Å². The molecule has 0 aliphatic heterocycles. The zero-order valence-electron chi connectivity index (χ0n) is 22.8. The van der Waals surface area contributed by atoms with Crippen LogP contribution in [0.15, 0.2) is 67.3 Å². The molecule has 5 rings (SSSR count). The second-order valence-corrected chi connectivity index (χ2v) is 11.7. The fourth-order valence-corrected chi connectivity index (χ4v) is 7.05. The van der Waals surface area contributed by atoms with Crippen LogP contribution in [-0.4, -0.2) is 7.85 Å². The normalized spacial score (nSPS) is 23.5. The van der Waals surface area contributed by atoms with Crippen molar-refractivity contribution in [3.05, 3.63) is 95.8 Å². The van der Waals surface area contributed by atoms with Crippen molar-refractivity contribution in [1.29, 1.82) is 0 Å². The van der Waals surface area contributed by atoms with Gasteiger partial charge in [0.15, 0.2) is 11.6 Å². The van der Waals surface area contributed by atoms with Crippen LogP contribution in [0.2, 0.25) is 0 Å². The van der Waals surface area contributed by atoms with E-state index in [0.29, 0.717) is 5.56 Å². The van der Waals surface area contributed by atoms with Gasteiger partial charge in [0.1, 0.15) is 5.82 Å². The third-order valence-electron chi connectivity index (χ3n) is 9.46. The Morgan fingerprint density at radius 1 is 0.718 bits per heavy atom. The average Bonchev–Trinajstić information content (AvgIpc) is 2.98. The summed E-state index contributed by atoms with van der Waals surface area (Å²) in [6, 6.07) is 15.8. The summed E-state index contributed by atoms with van der Waals surface area (Å²) in [5.41, 5.74) is 3.37. The fourth-order valence-electron chi connectivity index (χ4n) is 7.05. The molecule has 2 radical (unpaired) electrons. The van der Waals surface area contributed by atoms with Gasteiger partial charge in [0.25, 0.3) is 0 Å². The predicted octanol–water partition coefficient (Wildman–Crippen LogP) is 10.2. The molecule has 2 saturated carbocycles. The van der Waals surface area contributed by atoms with Crippen LogP contribution in [-0.2, 0) is 6.32 Å². The SMILES string of the molecule is [B]Cc1ccc(-c2ccc(-c3ccc(C4CCC(C5CCC(CCC=C)CC5)CC4)c(F)c3)cc2)c(F)c1F. The van der Waals surface area contributed by atoms with E-state index in [-0.39, 0.29) is 29.2 Å². The van der Waals surface area contributed by atoms with Gasteiger partial charge in [-0.2, -0.15) is 0 Å². The van der Waals surface area contributed by atoms with Crippen molar-refractivity contribution in [3.63, 3.8) is 0 Å². The van der Waals surface area contributed by atoms with Gasteiger partial charge >= 0.3 is 0 Å². The zero-order valence-corrected chi connectivity index (χ0v) is 22.8. The number of hydrogen-bond acceptors (Lipinski definition) is 0. The lowest BCUT2D eigenvalue weighted by atomic mass is 9.68. The molecule has 39 heavy (non-hydrogen) atoms. The molecule has 2 aliphatic rings. The highest BCUT2D eigenvalue weighted by Crippen LogP contribution is 2.45. The molecule has 0 spiro atoms. The molecule has 4 heteroatoms. The number of benzene rings is 3. The van der Waals surface area contributed by atoms with Crippen molar-refractivity contribution in [2.24, 2.45) is 17.8 Å². The van der Waals surface area contributed by atoms with Crippen molar-refractivity contribution in [2.75, 3.05) is 0 Å². The topological polar surface area (TPSA) is 0 Å². The highest BCUT2D eigenvalue weighted by molar-refractivity contribution is 6.08. The van der Waals surface area contributed by atoms with E-state index in [0.717, 1.165) is 53.7 Å². The van der Waals surface area contributed by atoms with Gasteiger partial charge in [-0.15, -0.1) is 6.58 Å². The zero-order chi connectivity index (χ0) is 27.4. The Bertz CT molecular complexity index is 1270. The van der Waals surface area contributed by atoms with Gasteiger partial charge in [0, 0.05) is 5.56 Å². The third-order valence-corrected chi connectivity index (χ3v) is 9.46. The Hall–Kier alpha value is -2.75. The van der Waals surface area contributed by atoms with Gasteiger partial charge in [-0.3, -0.25) is 0 Å². The number of rotatable bonds is 8. The molecule has 0 nitrogen and oxygen atoms in total. The summed E-state index contributed by atoms with van der Waals surface area (Å²) in [5, 5.41) is 0. The molecule has 0 aromatic heterocycles. The predicted molar refractivity (Wildman–Crippen MR) is 156 cm³/mol. The lowest BCUT2D eigenvalue weighted by Crippen LogP contribution is -2.25. The number of allylic oxidation sites excluding steroid dienone is 1. The maximum atomic E-state index is 15.3. The third kappa shape index (κ3) is 6.21. The quantitative estimate of drug-likeness (QED) is 0.202. The lowest BCUT2D eigenvalue weighted by Gasteiger charge is -2.38. The first-order valence-electron chi connectivity index (χ1n) is 14.7. The van der Waals surface area contributed by atoms with Crippen LogP contribution in [0.4, 0.5) is 13.2 Å². The summed E-state index contributed by atoms with van der Waals surface area (Å²) >= 11 is 0. The molecule has 0 heterocycles. The standard InChI is InChI=1S/C35H38BF3/c1-2-3-4-23-5-7-24(8-6-23)25-9-13-27(14-10-25)31-19-17-29(21-33(31)37)26-11-15-28(16-12-26)32-20-18-30(22-36)34(38)35(32)39/h2,11-12,15-21,23-25,27H,1,3-10,13-14,22H2. The minimum Gasteiger partial charge on any atom is -0.207 e. The Morgan fingerprint density at radius 2 is 1.33 bits per heavy atom. The van der Waals surface area contributed by atoms with E-state index in [1.54, 1.807) is 24.3 Å². The Morgan fingerprint density at radius 3 is 1.95 bits per heavy atom. The monoisotopic (exact) mass is 526 g/mol. The van der Waals surface area contributed by atoms with Crippen LogP contribution in [0.1, 0.15) is 81.3 Å². The van der Waals surface area contributed by atoms with Crippen molar-refractivity contribution in [2.45, 2.75) is 76.4 Å². The van der Waals surface area contributed by atoms with E-state index in [2.05, 4.69) is 6.58 Å². The van der Waals surface area contributed by atoms with Crippen LogP contribution in [0, 0.1) is 35.2 Å². The first-order chi connectivity index (χ1) is 19.0. The highest BCUT2D eigenvalue weighted by Gasteiger charge is 2.32. The Labute approximate surface area is 233 Å². The molecule has 0 saturated heterocycles. The van der Waals surface area contributed by atoms with Crippen molar-refractivity contribution < 1.29 is 13.2 Å². The maximum Gasteiger partial charge on any atom is 0.166 e. The average molecular weight is 526 g/mol. The first kappa shape index (κ1) is 27.8. The van der Waals surface area contributed by atoms with E-state index in [9.17, 15) is 8.78 Å². The van der Waals surface area contributed by atoms with E-state index in [1.165, 1.54) is 51.0 Å². The number of hydrogen-bond donors (Lipinski definition) is 0. The summed E-state index contributed by atoms with van der Waals surface area (Å²) in [6.45, 7) is 3.86. The smallest absolute Gasteiger partial charge is 0.166 e. The minimum atomic E-state index is -0.905. The molecule has 2 fully saturated rings. The van der Waals surface area contributed by atoms with Crippen LogP contribution < -0.4 is 0 Å². The second-order valence-electron chi connectivity index (χ2n) is 11.7. The molecule has 0 N–H and O–H groups in total. The second kappa shape index (κ2) is 12.6. The van der Waals surface area contributed by atoms with E-state index in [1.807, 2.05) is 30.3 Å². The molecule has 0 atom stereocenters. The van der Waals surface area contributed by atoms with Gasteiger partial charge in [-0.1, -0.05) is 73.8 Å². The fraction of sp³-hybridized carbons (Fsp3) is 0.429. The van der Waals surface area contributed by atoms with Crippen molar-refractivity contribution in [1.82, 2.24) is 0 Å². The molecular weight excluding hydrogens is 488 g/mol. The largest absolute Gasteiger partial charge is 0.207 e. The van der Waals surface area contributed by atoms with Crippen molar-refractivity contribution >= 4 is 7.85 Å². The lowest BCUT2D eigenvalue weighted by molar-refractivity contribution is 0.156. The summed E-state index contributed by atoms with van der Waals surface area (Å²) < 4.78 is 44.1. The molecule has 0 unspecified atom stereocenters. The summed E-state index contributed by atoms with van der Waals surface area (Å²) in [4.78, 5) is 0. The van der Waals surface area contributed by atoms with Gasteiger partial charge < -0.3 is 0 Å². The molecule has 2 aliphatic carbocycles. The van der Waals surface area contributed by atoms with E-state index < -0.39 is 11.6 Å². The molecular formula is C35H38BF3. The molecule has 202 valence electrons. The minimum absolute atomic E-state index is 0.0530. The van der Waals surface area contributed by atoms with Gasteiger partial charge in [-0.05, 0) is 109 Å². The van der Waals surface area contributed by atoms with Crippen LogP contribution >= 0.6 is 0 Å². The van der Waals surface area contributed by atoms with Crippen LogP contribution in [0.25, 0.3) is 22.3 Å². The van der Waals surface area contributed by atoms with Crippen molar-refractivity contribution in [3.8, 4) is 22.3 Å². The Balaban J connectivity index is 1.20. The molecule has 3 aromatic carbocycles. The Kier molecular flexibility index (Phi) is 9.00. The molecule has 0 amide bonds. The van der Waals surface area contributed by atoms with Crippen LogP contribution in [0.3, 0.4) is 0 Å². The summed E-state index contributed by atoms with van der Waals surface area (Å²) in [6.07, 6.45) is 14.4. The number of halogens is 3. The van der Waals surface area contributed by atoms with Crippen LogP contribution in [0.5, 0.6) is 0 Å². The maximum absolute atomic E-state index is 15.3. The summed E-state index contributed by atoms with van der Waals surface area (Å²) in [5.74, 6) is 0.872. The van der Waals surface area contributed by atoms with E-state index >= 15 is 4.39 Å². The molecule has 0 bridgehead atoms. The van der Waals surface area contributed by atoms with E-state index in [4.69, 9.17) is 7.85 Å².